The Morgan fingerprint density at radius 3 is 2.59 bits per heavy atom. The van der Waals surface area contributed by atoms with Gasteiger partial charge >= 0.3 is 0 Å². The molecule has 0 aromatic heterocycles. The van der Waals surface area contributed by atoms with E-state index in [0.717, 1.165) is 12.8 Å². The summed E-state index contributed by atoms with van der Waals surface area (Å²) in [6.45, 7) is 6.04. The van der Waals surface area contributed by atoms with Gasteiger partial charge in [0.1, 0.15) is 5.75 Å². The van der Waals surface area contributed by atoms with Crippen LogP contribution in [0.1, 0.15) is 49.5 Å². The molecule has 144 valence electrons. The molecule has 3 N–H and O–H groups in total. The number of halogens is 1. The van der Waals surface area contributed by atoms with Crippen LogP contribution in [0, 0.1) is 0 Å². The van der Waals surface area contributed by atoms with Gasteiger partial charge in [0.2, 0.25) is 5.91 Å². The van der Waals surface area contributed by atoms with Crippen molar-refractivity contribution < 1.29 is 14.7 Å². The molecule has 0 fully saturated rings. The van der Waals surface area contributed by atoms with Gasteiger partial charge in [0.05, 0.1) is 6.42 Å². The van der Waals surface area contributed by atoms with Gasteiger partial charge in [0.25, 0.3) is 5.91 Å². The predicted octanol–water partition coefficient (Wildman–Crippen LogP) is 4.54. The maximum atomic E-state index is 12.5. The molecule has 0 saturated heterocycles. The summed E-state index contributed by atoms with van der Waals surface area (Å²) < 4.78 is 0. The first-order valence-corrected chi connectivity index (χ1v) is 9.28. The molecule has 27 heavy (non-hydrogen) atoms. The maximum absolute atomic E-state index is 12.5. The first kappa shape index (κ1) is 20.8. The monoisotopic (exact) mass is 388 g/mol. The largest absolute Gasteiger partial charge is 0.508 e. The number of anilines is 1. The molecule has 2 rings (SSSR count). The van der Waals surface area contributed by atoms with Gasteiger partial charge in [-0.05, 0) is 56.7 Å². The molecule has 0 bridgehead atoms. The first-order valence-electron chi connectivity index (χ1n) is 8.90. The average molecular weight is 389 g/mol. The highest BCUT2D eigenvalue weighted by Crippen LogP contribution is 2.22. The third kappa shape index (κ3) is 6.29. The molecule has 2 aromatic carbocycles. The number of amides is 2. The van der Waals surface area contributed by atoms with Crippen LogP contribution in [0.25, 0.3) is 0 Å². The van der Waals surface area contributed by atoms with Gasteiger partial charge in [-0.25, -0.2) is 0 Å². The number of hydrogen-bond acceptors (Lipinski definition) is 3. The fraction of sp³-hybridized carbons (Fsp3) is 0.333. The van der Waals surface area contributed by atoms with Crippen molar-refractivity contribution in [2.45, 2.75) is 45.6 Å². The van der Waals surface area contributed by atoms with Crippen LogP contribution >= 0.6 is 11.6 Å². The molecule has 0 aliphatic carbocycles. The Balaban J connectivity index is 2.05. The van der Waals surface area contributed by atoms with Crippen molar-refractivity contribution in [2.75, 3.05) is 5.32 Å². The van der Waals surface area contributed by atoms with Crippen LogP contribution in [0.2, 0.25) is 5.02 Å². The van der Waals surface area contributed by atoms with Gasteiger partial charge in [-0.2, -0.15) is 0 Å². The number of phenolic OH excluding ortho intramolecular Hbond substituents is 1. The number of carbonyl (C=O) groups excluding carboxylic acids is 2. The summed E-state index contributed by atoms with van der Waals surface area (Å²) in [5.41, 5.74) is 1.13. The Kier molecular flexibility index (Phi) is 6.86. The highest BCUT2D eigenvalue weighted by Gasteiger charge is 2.20. The lowest BCUT2D eigenvalue weighted by molar-refractivity contribution is -0.115. The molecule has 0 unspecified atom stereocenters. The van der Waals surface area contributed by atoms with E-state index >= 15 is 0 Å². The molecular weight excluding hydrogens is 364 g/mol. The number of rotatable bonds is 7. The number of nitrogens with one attached hydrogen (secondary N) is 2. The van der Waals surface area contributed by atoms with Crippen LogP contribution in [0.3, 0.4) is 0 Å². The smallest absolute Gasteiger partial charge is 0.251 e. The fourth-order valence-corrected chi connectivity index (χ4v) is 3.07. The number of aromatic hydroxyl groups is 1. The summed E-state index contributed by atoms with van der Waals surface area (Å²) in [6.07, 6.45) is 1.82. The van der Waals surface area contributed by atoms with Gasteiger partial charge in [-0.3, -0.25) is 9.59 Å². The van der Waals surface area contributed by atoms with Crippen molar-refractivity contribution in [3.8, 4) is 5.75 Å². The number of hydrogen-bond donors (Lipinski definition) is 3. The lowest BCUT2D eigenvalue weighted by Crippen LogP contribution is -2.43. The van der Waals surface area contributed by atoms with Crippen LogP contribution in [-0.2, 0) is 11.2 Å². The van der Waals surface area contributed by atoms with Crippen LogP contribution in [-0.4, -0.2) is 22.5 Å². The molecule has 0 heterocycles. The molecule has 2 amide bonds. The zero-order chi connectivity index (χ0) is 20.0. The van der Waals surface area contributed by atoms with Gasteiger partial charge < -0.3 is 15.7 Å². The molecule has 0 aliphatic rings. The standard InChI is InChI=1S/C21H25ClN2O3/c1-4-10-21(2,3)24-20(27)14-6-5-7-17(12-14)23-19(26)13-15-11-16(22)8-9-18(15)25/h5-9,11-12,25H,4,10,13H2,1-3H3,(H,23,26)(H,24,27). The predicted molar refractivity (Wildman–Crippen MR) is 108 cm³/mol. The Bertz CT molecular complexity index is 834. The highest BCUT2D eigenvalue weighted by atomic mass is 35.5. The van der Waals surface area contributed by atoms with E-state index in [1.54, 1.807) is 36.4 Å². The van der Waals surface area contributed by atoms with Crippen LogP contribution in [0.4, 0.5) is 5.69 Å². The second-order valence-corrected chi connectivity index (χ2v) is 7.60. The summed E-state index contributed by atoms with van der Waals surface area (Å²) in [7, 11) is 0. The van der Waals surface area contributed by atoms with E-state index in [2.05, 4.69) is 17.6 Å². The molecule has 0 radical (unpaired) electrons. The van der Waals surface area contributed by atoms with Crippen molar-refractivity contribution in [3.05, 3.63) is 58.6 Å². The molecule has 0 saturated carbocycles. The normalized spacial score (nSPS) is 11.1. The van der Waals surface area contributed by atoms with E-state index in [0.29, 0.717) is 21.8 Å². The molecule has 0 spiro atoms. The minimum Gasteiger partial charge on any atom is -0.508 e. The summed E-state index contributed by atoms with van der Waals surface area (Å²) in [5.74, 6) is -0.477. The zero-order valence-electron chi connectivity index (χ0n) is 15.8. The van der Waals surface area contributed by atoms with Crippen molar-refractivity contribution in [1.82, 2.24) is 5.32 Å². The first-order chi connectivity index (χ1) is 12.7. The molecule has 6 heteroatoms. The molecule has 0 aliphatic heterocycles. The Morgan fingerprint density at radius 1 is 1.15 bits per heavy atom. The van der Waals surface area contributed by atoms with E-state index in [4.69, 9.17) is 11.6 Å². The molecule has 2 aromatic rings. The van der Waals surface area contributed by atoms with Gasteiger partial charge in [0.15, 0.2) is 0 Å². The van der Waals surface area contributed by atoms with Crippen LogP contribution in [0.15, 0.2) is 42.5 Å². The summed E-state index contributed by atoms with van der Waals surface area (Å²) in [6, 6.07) is 11.3. The van der Waals surface area contributed by atoms with Crippen LogP contribution in [0.5, 0.6) is 5.75 Å². The molecule has 0 atom stereocenters. The van der Waals surface area contributed by atoms with E-state index in [-0.39, 0.29) is 29.5 Å². The highest BCUT2D eigenvalue weighted by molar-refractivity contribution is 6.30. The Hall–Kier alpha value is -2.53. The summed E-state index contributed by atoms with van der Waals surface area (Å²) >= 11 is 5.90. The van der Waals surface area contributed by atoms with Gasteiger partial charge in [0, 0.05) is 27.4 Å². The topological polar surface area (TPSA) is 78.4 Å². The van der Waals surface area contributed by atoms with E-state index in [1.807, 2.05) is 13.8 Å². The Morgan fingerprint density at radius 2 is 1.89 bits per heavy atom. The van der Waals surface area contributed by atoms with E-state index < -0.39 is 0 Å². The summed E-state index contributed by atoms with van der Waals surface area (Å²) in [5, 5.41) is 16.0. The third-order valence-corrected chi connectivity index (χ3v) is 4.36. The third-order valence-electron chi connectivity index (χ3n) is 4.13. The van der Waals surface area contributed by atoms with Crippen molar-refractivity contribution in [3.63, 3.8) is 0 Å². The Labute approximate surface area is 164 Å². The van der Waals surface area contributed by atoms with Gasteiger partial charge in [-0.15, -0.1) is 0 Å². The van der Waals surface area contributed by atoms with Gasteiger partial charge in [-0.1, -0.05) is 31.0 Å². The lowest BCUT2D eigenvalue weighted by atomic mass is 9.98. The second-order valence-electron chi connectivity index (χ2n) is 7.17. The van der Waals surface area contributed by atoms with Crippen molar-refractivity contribution >= 4 is 29.1 Å². The quantitative estimate of drug-likeness (QED) is 0.651. The number of benzene rings is 2. The van der Waals surface area contributed by atoms with Crippen molar-refractivity contribution in [2.24, 2.45) is 0 Å². The van der Waals surface area contributed by atoms with E-state index in [1.165, 1.54) is 6.07 Å². The SMILES string of the molecule is CCCC(C)(C)NC(=O)c1cccc(NC(=O)Cc2cc(Cl)ccc2O)c1. The zero-order valence-corrected chi connectivity index (χ0v) is 16.6. The molecule has 5 nitrogen and oxygen atoms in total. The number of carbonyl (C=O) groups is 2. The second kappa shape index (κ2) is 8.91. The number of phenols is 1. The van der Waals surface area contributed by atoms with E-state index in [9.17, 15) is 14.7 Å². The summed E-state index contributed by atoms with van der Waals surface area (Å²) in [4.78, 5) is 24.7. The molecular formula is C21H25ClN2O3. The minimum atomic E-state index is -0.309. The fourth-order valence-electron chi connectivity index (χ4n) is 2.88. The van der Waals surface area contributed by atoms with Crippen molar-refractivity contribution in [1.29, 1.82) is 0 Å². The van der Waals surface area contributed by atoms with Crippen LogP contribution < -0.4 is 10.6 Å². The average Bonchev–Trinajstić information content (AvgIpc) is 2.57. The lowest BCUT2D eigenvalue weighted by Gasteiger charge is -2.25. The minimum absolute atomic E-state index is 0.0147. The maximum Gasteiger partial charge on any atom is 0.251 e.